The van der Waals surface area contributed by atoms with Gasteiger partial charge < -0.3 is 71.4 Å². The number of nitrogens with one attached hydrogen (secondary N) is 8. The van der Waals surface area contributed by atoms with Gasteiger partial charge >= 0.3 is 24.4 Å². The molecule has 6 unspecified atom stereocenters. The Labute approximate surface area is 892 Å². The molecular formula is C120H185N13O16. The second-order valence-electron chi connectivity index (χ2n) is 40.8. The number of ether oxygens (including phenoxy) is 4. The van der Waals surface area contributed by atoms with Gasteiger partial charge in [-0.3, -0.25) is 40.3 Å². The Balaban J connectivity index is 0. The lowest BCUT2D eigenvalue weighted by atomic mass is 9.95. The summed E-state index contributed by atoms with van der Waals surface area (Å²) in [5, 5.41) is 72.2. The molecule has 29 heteroatoms. The van der Waals surface area contributed by atoms with Gasteiger partial charge in [-0.1, -0.05) is 250 Å². The molecule has 2 heterocycles. The maximum Gasteiger partial charge on any atom is 0.408 e. The van der Waals surface area contributed by atoms with Crippen molar-refractivity contribution in [1.29, 1.82) is 0 Å². The summed E-state index contributed by atoms with van der Waals surface area (Å²) in [4.78, 5) is 96.1. The van der Waals surface area contributed by atoms with Crippen molar-refractivity contribution in [3.05, 3.63) is 330 Å². The van der Waals surface area contributed by atoms with Crippen molar-refractivity contribution in [1.82, 2.24) is 52.5 Å². The Morgan fingerprint density at radius 1 is 0.369 bits per heavy atom. The minimum atomic E-state index is -1.31. The second-order valence-corrected chi connectivity index (χ2v) is 40.8. The Kier molecular flexibility index (Phi) is 69.7. The van der Waals surface area contributed by atoms with Crippen molar-refractivity contribution < 1.29 is 62.8 Å². The summed E-state index contributed by atoms with van der Waals surface area (Å²) < 4.78 is 20.4. The van der Waals surface area contributed by atoms with Crippen molar-refractivity contribution in [3.63, 3.8) is 0 Å². The molecule has 0 aliphatic heterocycles. The van der Waals surface area contributed by atoms with E-state index in [9.17, 15) is 59.4 Å². The number of hydrogen-bond acceptors (Lipinski definition) is 22. The summed E-state index contributed by atoms with van der Waals surface area (Å²) in [6.07, 6.45) is 18.1. The highest BCUT2D eigenvalue weighted by molar-refractivity contribution is 5.83. The van der Waals surface area contributed by atoms with E-state index in [1.54, 1.807) is 76.2 Å². The average molecular weight is 2070 g/mol. The summed E-state index contributed by atoms with van der Waals surface area (Å²) >= 11 is 0. The summed E-state index contributed by atoms with van der Waals surface area (Å²) in [5.74, 6) is 0.727. The number of fused-ring (bicyclic) bond motifs is 2. The molecule has 4 amide bonds. The van der Waals surface area contributed by atoms with Gasteiger partial charge in [0.05, 0.1) is 12.1 Å². The number of aromatic nitrogens is 2. The highest BCUT2D eigenvalue weighted by Crippen LogP contribution is 2.23. The number of amides is 4. The van der Waals surface area contributed by atoms with Gasteiger partial charge in [0.25, 0.3) is 0 Å². The molecule has 826 valence electrons. The number of pyridine rings is 2. The van der Waals surface area contributed by atoms with Crippen LogP contribution in [-0.4, -0.2) is 170 Å². The molecule has 0 aliphatic carbocycles. The van der Waals surface area contributed by atoms with Crippen LogP contribution in [0.15, 0.2) is 255 Å². The molecule has 0 bridgehead atoms. The largest absolute Gasteiger partial charge is 0.444 e. The van der Waals surface area contributed by atoms with Crippen LogP contribution in [0.25, 0.3) is 21.5 Å². The molecule has 8 aromatic carbocycles. The fourth-order valence-electron chi connectivity index (χ4n) is 15.3. The van der Waals surface area contributed by atoms with Gasteiger partial charge in [-0.15, -0.1) is 0 Å². The van der Waals surface area contributed by atoms with Gasteiger partial charge in [0.15, 0.2) is 0 Å². The van der Waals surface area contributed by atoms with Crippen molar-refractivity contribution in [3.8, 4) is 0 Å². The molecular weight excluding hydrogens is 1880 g/mol. The number of carbonyl (C=O) groups excluding carboxylic acids is 5. The number of aliphatic hydroxyl groups excluding tert-OH is 1. The first kappa shape index (κ1) is 138. The molecule has 29 nitrogen and oxygen atoms in total. The van der Waals surface area contributed by atoms with Crippen LogP contribution in [0.1, 0.15) is 277 Å². The van der Waals surface area contributed by atoms with Crippen LogP contribution < -0.4 is 42.5 Å². The van der Waals surface area contributed by atoms with E-state index in [4.69, 9.17) is 18.9 Å². The molecule has 0 spiro atoms. The van der Waals surface area contributed by atoms with Gasteiger partial charge in [-0.2, -0.15) is 0 Å². The number of alkyl carbamates (subject to hydrolysis) is 4. The van der Waals surface area contributed by atoms with Gasteiger partial charge in [0.1, 0.15) is 34.8 Å². The quantitative estimate of drug-likeness (QED) is 0.00741. The predicted octanol–water partition coefficient (Wildman–Crippen LogP) is 25.5. The van der Waals surface area contributed by atoms with Crippen LogP contribution in [0.4, 0.5) is 19.2 Å². The van der Waals surface area contributed by atoms with Gasteiger partial charge in [-0.25, -0.2) is 19.2 Å². The fraction of sp³-hybridized carbons (Fsp3) is 0.508. The molecule has 9 N–H and O–H groups in total. The molecule has 10 aromatic rings. The van der Waals surface area contributed by atoms with Gasteiger partial charge in [0, 0.05) is 125 Å². The van der Waals surface area contributed by atoms with E-state index in [1.165, 1.54) is 81.1 Å². The third-order valence-electron chi connectivity index (χ3n) is 22.7. The minimum Gasteiger partial charge on any atom is -0.444 e. The van der Waals surface area contributed by atoms with E-state index in [-0.39, 0.29) is 84.5 Å². The summed E-state index contributed by atoms with van der Waals surface area (Å²) in [5.41, 5.74) is 7.82. The number of aryl methyl sites for hydroxylation is 6. The number of rotatable bonds is 44. The summed E-state index contributed by atoms with van der Waals surface area (Å²) in [6.45, 7) is 37.0. The molecule has 2 aromatic heterocycles. The van der Waals surface area contributed by atoms with Crippen LogP contribution in [0.5, 0.6) is 0 Å². The molecule has 0 saturated heterocycles. The molecule has 10 rings (SSSR count). The van der Waals surface area contributed by atoms with Crippen molar-refractivity contribution >= 4 is 52.2 Å². The van der Waals surface area contributed by atoms with Crippen molar-refractivity contribution in [2.24, 2.45) is 5.92 Å². The first-order chi connectivity index (χ1) is 68.1. The van der Waals surface area contributed by atoms with Crippen LogP contribution in [-0.2, 0) is 75.4 Å². The SMILES string of the molecule is C.C.C.C.C.CC(CCc1ccccc1)C[C@@H](C)NCc1ccc2cnccc2c1.CNC(CCc1ccccc1)C[C@@H](C)NC(=O)OC(C)(C)C.CNC(CCc1ccccc1)C[C@@H](C)NCc1ccc2cnccc2c1.C[C@@H](NC(=O)OC(C)(C)C)C(O)C(CCc1ccccc1)[N+](=O)[O-].C[C@H](C=O)NC(=O)OC(C)(C)C.C[C@H](CC(CCc1ccccc1)[N+](=O)[O-])NC(=O)OC(C)(C)C.O=[N+]([O-])CCCc1ccccc1. The summed E-state index contributed by atoms with van der Waals surface area (Å²) in [6, 6.07) is 76.7. The average Bonchev–Trinajstić information content (AvgIpc) is 0.842. The van der Waals surface area contributed by atoms with E-state index in [0.717, 1.165) is 75.1 Å². The van der Waals surface area contributed by atoms with Crippen LogP contribution in [0.2, 0.25) is 0 Å². The number of nitro groups is 3. The highest BCUT2D eigenvalue weighted by atomic mass is 16.6. The van der Waals surface area contributed by atoms with Gasteiger partial charge in [-0.05, 0) is 301 Å². The smallest absolute Gasteiger partial charge is 0.408 e. The zero-order chi connectivity index (χ0) is 107. The Bertz CT molecular complexity index is 5270. The number of aldehydes is 1. The van der Waals surface area contributed by atoms with Crippen molar-refractivity contribution in [2.75, 3.05) is 20.6 Å². The monoisotopic (exact) mass is 2060 g/mol. The van der Waals surface area contributed by atoms with E-state index >= 15 is 0 Å². The van der Waals surface area contributed by atoms with Crippen molar-refractivity contribution in [2.45, 2.75) is 373 Å². The van der Waals surface area contributed by atoms with E-state index in [1.807, 2.05) is 157 Å². The molecule has 149 heavy (non-hydrogen) atoms. The lowest BCUT2D eigenvalue weighted by Crippen LogP contribution is -2.50. The molecule has 12 atom stereocenters. The molecule has 0 fully saturated rings. The topological polar surface area (TPSA) is 394 Å². The number of hydrogen-bond donors (Lipinski definition) is 9. The maximum atomic E-state index is 11.8. The standard InChI is InChI=1S/C23H29N3.C23H28N2.C18H30N2O2.C17H26N2O5.C17H26N2O4.C9H11NO2.C8H15NO3.5CH4/c1-18(14-23(24-2)11-9-19-6-4-3-5-7-19)26-16-20-8-10-22-17-25-13-12-21(22)15-20;1-18(8-9-20-6-4-3-5-7-20)14-19(2)25-16-21-10-11-23-17-24-13-12-22(23)15-21;1-14(20-17(21)22-18(2,3)4)13-16(19-5)12-11-15-9-7-6-8-10-15;1-12(18-16(21)24-17(2,3)4)15(20)14(19(22)23)11-10-13-8-6-5-7-9-13;1-13(18-16(20)23-17(2,3)4)12-15(19(21)22)11-10-14-8-6-5-7-9-14;11-10(12)8-4-7-9-5-2-1-3-6-9;1-6(5-10)9-7(11)12-8(2,3)4;;;;;/h3-8,10,12-13,15,17-18,23-24,26H,9,11,14,16H2,1-2H3;3-7,10-13,15,17-19,25H,8-9,14,16H2,1-2H3;6-10,14,16,19H,11-13H2,1-5H3,(H,20,21);5-9,12,14-15,20H,10-11H2,1-4H3,(H,18,21);5-9,13,15H,10-12H2,1-4H3,(H,18,20);1-3,5-6H,4,7-8H2;5-6H,1-4H3,(H,9,11);5*1H4/t18-,23?;18?,19-;14-,16?;12-,14?,15?;13-,15?;;6-;;;;;/m11111.1...../s1. The number of nitrogens with zero attached hydrogens (tertiary/aromatic N) is 5. The highest BCUT2D eigenvalue weighted by Gasteiger charge is 2.36. The normalized spacial score (nSPS) is 13.2. The van der Waals surface area contributed by atoms with E-state index in [0.29, 0.717) is 56.1 Å². The van der Waals surface area contributed by atoms with Crippen LogP contribution in [0, 0.1) is 36.3 Å². The zero-order valence-corrected chi connectivity index (χ0v) is 89.0. The lowest BCUT2D eigenvalue weighted by molar-refractivity contribution is -0.536. The maximum absolute atomic E-state index is 11.8. The number of aliphatic hydroxyl groups is 1. The van der Waals surface area contributed by atoms with E-state index in [2.05, 4.69) is 214 Å². The zero-order valence-electron chi connectivity index (χ0n) is 89.0. The Hall–Kier alpha value is -12.7. The van der Waals surface area contributed by atoms with Gasteiger partial charge in [0.2, 0.25) is 18.6 Å². The first-order valence-corrected chi connectivity index (χ1v) is 50.4. The van der Waals surface area contributed by atoms with E-state index < -0.39 is 75.9 Å². The fourth-order valence-corrected chi connectivity index (χ4v) is 15.3. The first-order valence-electron chi connectivity index (χ1n) is 50.4. The predicted molar refractivity (Wildman–Crippen MR) is 612 cm³/mol. The molecule has 0 aliphatic rings. The molecule has 0 radical (unpaired) electrons. The number of benzene rings is 8. The summed E-state index contributed by atoms with van der Waals surface area (Å²) in [7, 11) is 4.04. The molecule has 0 saturated carbocycles. The lowest BCUT2D eigenvalue weighted by Gasteiger charge is -2.25. The van der Waals surface area contributed by atoms with Crippen LogP contribution in [0.3, 0.4) is 0 Å². The minimum absolute atomic E-state index is 0. The third kappa shape index (κ3) is 66.4. The van der Waals surface area contributed by atoms with Crippen LogP contribution >= 0.6 is 0 Å². The third-order valence-corrected chi connectivity index (χ3v) is 22.7. The number of carbonyl (C=O) groups is 5. The Morgan fingerprint density at radius 3 is 1.02 bits per heavy atom. The Morgan fingerprint density at radius 2 is 0.685 bits per heavy atom. The second kappa shape index (κ2) is 75.1.